The van der Waals surface area contributed by atoms with Gasteiger partial charge in [0, 0.05) is 5.56 Å². The van der Waals surface area contributed by atoms with E-state index in [1.54, 1.807) is 36.4 Å². The van der Waals surface area contributed by atoms with Gasteiger partial charge in [-0.05, 0) is 54.8 Å². The van der Waals surface area contributed by atoms with E-state index in [0.29, 0.717) is 23.1 Å². The van der Waals surface area contributed by atoms with Crippen LogP contribution >= 0.6 is 0 Å². The Hall–Kier alpha value is -3.94. The lowest BCUT2D eigenvalue weighted by Crippen LogP contribution is -2.10. The van der Waals surface area contributed by atoms with Crippen molar-refractivity contribution in [1.29, 1.82) is 0 Å². The Labute approximate surface area is 194 Å². The summed E-state index contributed by atoms with van der Waals surface area (Å²) in [6, 6.07) is 16.8. The Morgan fingerprint density at radius 1 is 0.735 bits per heavy atom. The smallest absolute Gasteiger partial charge is 0.416 e. The molecule has 0 bridgehead atoms. The van der Waals surface area contributed by atoms with Crippen LogP contribution in [0.15, 0.2) is 66.7 Å². The fourth-order valence-electron chi connectivity index (χ4n) is 3.65. The largest absolute Gasteiger partial charge is 0.507 e. The number of hydrogen-bond acceptors (Lipinski definition) is 5. The van der Waals surface area contributed by atoms with Crippen LogP contribution in [0.4, 0.5) is 13.2 Å². The van der Waals surface area contributed by atoms with Crippen molar-refractivity contribution in [1.82, 2.24) is 15.0 Å². The van der Waals surface area contributed by atoms with Crippen molar-refractivity contribution in [3.8, 4) is 45.7 Å². The zero-order valence-electron chi connectivity index (χ0n) is 18.3. The number of aromatic nitrogens is 3. The Kier molecular flexibility index (Phi) is 6.49. The van der Waals surface area contributed by atoms with Crippen LogP contribution < -0.4 is 0 Å². The molecule has 0 amide bonds. The molecule has 0 fully saturated rings. The fraction of sp³-hybridized carbons (Fsp3) is 0.192. The lowest BCUT2D eigenvalue weighted by atomic mass is 9.98. The van der Waals surface area contributed by atoms with Gasteiger partial charge >= 0.3 is 6.18 Å². The normalized spacial score (nSPS) is 11.5. The molecule has 8 heteroatoms. The summed E-state index contributed by atoms with van der Waals surface area (Å²) >= 11 is 0. The Balaban J connectivity index is 1.92. The minimum Gasteiger partial charge on any atom is -0.507 e. The minimum absolute atomic E-state index is 0.0565. The topological polar surface area (TPSA) is 79.1 Å². The maximum Gasteiger partial charge on any atom is 0.416 e. The zero-order chi connectivity index (χ0) is 24.3. The maximum atomic E-state index is 13.6. The molecule has 4 aromatic rings. The van der Waals surface area contributed by atoms with Gasteiger partial charge in [0.2, 0.25) is 0 Å². The summed E-state index contributed by atoms with van der Waals surface area (Å²) in [5.41, 5.74) is 0.540. The van der Waals surface area contributed by atoms with Gasteiger partial charge < -0.3 is 10.2 Å². The van der Waals surface area contributed by atoms with Crippen LogP contribution in [0.25, 0.3) is 34.2 Å². The molecule has 0 aliphatic carbocycles. The lowest BCUT2D eigenvalue weighted by Gasteiger charge is -2.15. The maximum absolute atomic E-state index is 13.6. The van der Waals surface area contributed by atoms with Gasteiger partial charge in [-0.3, -0.25) is 0 Å². The monoisotopic (exact) mass is 465 g/mol. The number of benzene rings is 3. The van der Waals surface area contributed by atoms with Crippen LogP contribution in [0, 0.1) is 0 Å². The van der Waals surface area contributed by atoms with Crippen molar-refractivity contribution in [2.75, 3.05) is 0 Å². The van der Waals surface area contributed by atoms with Gasteiger partial charge in [-0.25, -0.2) is 15.0 Å². The molecule has 0 aliphatic heterocycles. The molecule has 3 aromatic carbocycles. The van der Waals surface area contributed by atoms with Crippen LogP contribution in [0.3, 0.4) is 0 Å². The van der Waals surface area contributed by atoms with Crippen LogP contribution in [0.2, 0.25) is 0 Å². The number of aryl methyl sites for hydroxylation is 1. The number of unbranched alkanes of at least 4 members (excludes halogenated alkanes) is 1. The average molecular weight is 465 g/mol. The zero-order valence-corrected chi connectivity index (χ0v) is 18.3. The van der Waals surface area contributed by atoms with Crippen LogP contribution in [-0.2, 0) is 12.6 Å². The SMILES string of the molecule is CCCCc1cc(-c2nc(-c3ccccc3O)nc(-c3ccccc3O)n2)ccc1C(F)(F)F. The van der Waals surface area contributed by atoms with E-state index in [0.717, 1.165) is 12.5 Å². The van der Waals surface area contributed by atoms with Gasteiger partial charge in [-0.2, -0.15) is 13.2 Å². The molecule has 34 heavy (non-hydrogen) atoms. The minimum atomic E-state index is -4.47. The van der Waals surface area contributed by atoms with Crippen LogP contribution in [0.1, 0.15) is 30.9 Å². The molecule has 5 nitrogen and oxygen atoms in total. The van der Waals surface area contributed by atoms with Crippen molar-refractivity contribution < 1.29 is 23.4 Å². The number of halogens is 3. The van der Waals surface area contributed by atoms with E-state index in [1.165, 1.54) is 24.3 Å². The number of phenolic OH excluding ortho intramolecular Hbond substituents is 2. The number of hydrogen-bond donors (Lipinski definition) is 2. The van der Waals surface area contributed by atoms with E-state index in [4.69, 9.17) is 0 Å². The summed E-state index contributed by atoms with van der Waals surface area (Å²) in [5, 5.41) is 20.7. The second kappa shape index (κ2) is 9.51. The first-order chi connectivity index (χ1) is 16.3. The molecule has 1 heterocycles. The van der Waals surface area contributed by atoms with Gasteiger partial charge in [0.1, 0.15) is 11.5 Å². The first-order valence-corrected chi connectivity index (χ1v) is 10.8. The molecule has 0 unspecified atom stereocenters. The van der Waals surface area contributed by atoms with E-state index < -0.39 is 11.7 Å². The number of nitrogens with zero attached hydrogens (tertiary/aromatic N) is 3. The summed E-state index contributed by atoms with van der Waals surface area (Å²) < 4.78 is 40.7. The third kappa shape index (κ3) is 4.85. The van der Waals surface area contributed by atoms with Crippen LogP contribution in [-0.4, -0.2) is 25.2 Å². The molecule has 0 saturated carbocycles. The highest BCUT2D eigenvalue weighted by atomic mass is 19.4. The second-order valence-electron chi connectivity index (χ2n) is 7.81. The summed E-state index contributed by atoms with van der Waals surface area (Å²) in [7, 11) is 0. The lowest BCUT2D eigenvalue weighted by molar-refractivity contribution is -0.138. The predicted octanol–water partition coefficient (Wildman–Crippen LogP) is 6.65. The highest BCUT2D eigenvalue weighted by Crippen LogP contribution is 2.36. The summed E-state index contributed by atoms with van der Waals surface area (Å²) in [6.45, 7) is 1.92. The molecule has 0 saturated heterocycles. The van der Waals surface area contributed by atoms with E-state index in [-0.39, 0.29) is 41.0 Å². The number of phenols is 2. The molecule has 4 rings (SSSR count). The second-order valence-corrected chi connectivity index (χ2v) is 7.81. The fourth-order valence-corrected chi connectivity index (χ4v) is 3.65. The summed E-state index contributed by atoms with van der Waals surface area (Å²) in [5.74, 6) is 0.295. The molecular formula is C26H22F3N3O2. The molecule has 1 aromatic heterocycles. The van der Waals surface area contributed by atoms with Gasteiger partial charge in [-0.15, -0.1) is 0 Å². The highest BCUT2D eigenvalue weighted by molar-refractivity contribution is 5.72. The number of rotatable bonds is 6. The first kappa shape index (κ1) is 23.2. The van der Waals surface area contributed by atoms with E-state index >= 15 is 0 Å². The first-order valence-electron chi connectivity index (χ1n) is 10.8. The van der Waals surface area contributed by atoms with Gasteiger partial charge in [0.25, 0.3) is 0 Å². The molecule has 0 atom stereocenters. The van der Waals surface area contributed by atoms with E-state index in [2.05, 4.69) is 15.0 Å². The molecule has 174 valence electrons. The molecule has 0 aliphatic rings. The van der Waals surface area contributed by atoms with Crippen molar-refractivity contribution in [3.05, 3.63) is 77.9 Å². The third-order valence-corrected chi connectivity index (χ3v) is 5.39. The predicted molar refractivity (Wildman–Crippen MR) is 123 cm³/mol. The van der Waals surface area contributed by atoms with Crippen molar-refractivity contribution in [3.63, 3.8) is 0 Å². The molecule has 0 spiro atoms. The average Bonchev–Trinajstić information content (AvgIpc) is 2.82. The third-order valence-electron chi connectivity index (χ3n) is 5.39. The summed E-state index contributed by atoms with van der Waals surface area (Å²) in [6.07, 6.45) is -2.84. The standard InChI is InChI=1S/C26H22F3N3O2/c1-2-3-8-16-15-17(13-14-20(16)26(27,28)29)23-30-24(18-9-4-6-11-21(18)33)32-25(31-23)19-10-5-7-12-22(19)34/h4-7,9-15,33-34H,2-3,8H2,1H3. The Bertz CT molecular complexity index is 1260. The molecule has 0 radical (unpaired) electrons. The quantitative estimate of drug-likeness (QED) is 0.334. The number of alkyl halides is 3. The van der Waals surface area contributed by atoms with Gasteiger partial charge in [0.05, 0.1) is 16.7 Å². The number of aromatic hydroxyl groups is 2. The molecular weight excluding hydrogens is 443 g/mol. The highest BCUT2D eigenvalue weighted by Gasteiger charge is 2.33. The molecule has 2 N–H and O–H groups in total. The van der Waals surface area contributed by atoms with Crippen LogP contribution in [0.5, 0.6) is 11.5 Å². The van der Waals surface area contributed by atoms with Crippen molar-refractivity contribution in [2.24, 2.45) is 0 Å². The number of para-hydroxylation sites is 2. The van der Waals surface area contributed by atoms with Gasteiger partial charge in [-0.1, -0.05) is 43.7 Å². The van der Waals surface area contributed by atoms with E-state index in [1.807, 2.05) is 6.92 Å². The van der Waals surface area contributed by atoms with E-state index in [9.17, 15) is 23.4 Å². The summed E-state index contributed by atoms with van der Waals surface area (Å²) in [4.78, 5) is 13.3. The Morgan fingerprint density at radius 2 is 1.26 bits per heavy atom. The van der Waals surface area contributed by atoms with Crippen molar-refractivity contribution in [2.45, 2.75) is 32.4 Å². The Morgan fingerprint density at radius 3 is 1.76 bits per heavy atom. The van der Waals surface area contributed by atoms with Crippen molar-refractivity contribution >= 4 is 0 Å². The van der Waals surface area contributed by atoms with Gasteiger partial charge in [0.15, 0.2) is 17.5 Å².